The fraction of sp³-hybridized carbons (Fsp3) is 0.941. The fourth-order valence-electron chi connectivity index (χ4n) is 2.27. The molecule has 1 atom stereocenters. The average Bonchev–Trinajstić information content (AvgIpc) is 2.21. The van der Waals surface area contributed by atoms with Crippen LogP contribution in [0.4, 0.5) is 0 Å². The number of carbonyl (C=O) groups excluding carboxylic acids is 1. The highest BCUT2D eigenvalue weighted by atomic mass is 28.4. The highest BCUT2D eigenvalue weighted by Gasteiger charge is 2.46. The van der Waals surface area contributed by atoms with E-state index < -0.39 is 19.3 Å². The van der Waals surface area contributed by atoms with Gasteiger partial charge in [-0.05, 0) is 31.5 Å². The number of ketones is 1. The van der Waals surface area contributed by atoms with Gasteiger partial charge in [0.15, 0.2) is 14.1 Å². The number of rotatable bonds is 7. The molecule has 0 heterocycles. The topological polar surface area (TPSA) is 35.5 Å². The molecule has 0 aliphatic rings. The Bertz CT molecular complexity index is 345. The van der Waals surface area contributed by atoms with Crippen LogP contribution < -0.4 is 0 Å². The second kappa shape index (κ2) is 6.92. The standard InChI is InChI=1S/C17H36O3Si/c1-11-17(20-21(8,9)10,14(18)16(5,6)7)13-19-12-15(2,3)4/h11-13H2,1-10H3. The molecule has 0 rings (SSSR count). The number of hydrogen-bond acceptors (Lipinski definition) is 3. The zero-order chi connectivity index (χ0) is 17.1. The van der Waals surface area contributed by atoms with Crippen LogP contribution >= 0.6 is 0 Å². The average molecular weight is 317 g/mol. The first-order valence-corrected chi connectivity index (χ1v) is 11.4. The summed E-state index contributed by atoms with van der Waals surface area (Å²) in [5.74, 6) is 0.147. The highest BCUT2D eigenvalue weighted by Crippen LogP contribution is 2.32. The molecule has 0 saturated heterocycles. The summed E-state index contributed by atoms with van der Waals surface area (Å²) < 4.78 is 12.2. The minimum atomic E-state index is -1.85. The van der Waals surface area contributed by atoms with E-state index in [0.717, 1.165) is 0 Å². The van der Waals surface area contributed by atoms with E-state index in [1.807, 2.05) is 27.7 Å². The Morgan fingerprint density at radius 1 is 0.952 bits per heavy atom. The molecule has 0 N–H and O–H groups in total. The van der Waals surface area contributed by atoms with E-state index in [4.69, 9.17) is 9.16 Å². The second-order valence-corrected chi connectivity index (χ2v) is 13.6. The largest absolute Gasteiger partial charge is 0.403 e. The lowest BCUT2D eigenvalue weighted by molar-refractivity contribution is -0.151. The van der Waals surface area contributed by atoms with E-state index in [-0.39, 0.29) is 11.2 Å². The summed E-state index contributed by atoms with van der Waals surface area (Å²) in [6.07, 6.45) is 0.650. The third-order valence-corrected chi connectivity index (χ3v) is 4.04. The first-order valence-electron chi connectivity index (χ1n) is 7.96. The van der Waals surface area contributed by atoms with Crippen LogP contribution in [0.1, 0.15) is 54.9 Å². The lowest BCUT2D eigenvalue weighted by Crippen LogP contribution is -2.55. The van der Waals surface area contributed by atoms with Gasteiger partial charge in [-0.1, -0.05) is 48.5 Å². The Kier molecular flexibility index (Phi) is 6.86. The van der Waals surface area contributed by atoms with Crippen molar-refractivity contribution in [1.82, 2.24) is 0 Å². The molecule has 0 fully saturated rings. The minimum Gasteiger partial charge on any atom is -0.403 e. The van der Waals surface area contributed by atoms with Crippen molar-refractivity contribution < 1.29 is 14.0 Å². The van der Waals surface area contributed by atoms with Crippen molar-refractivity contribution >= 4 is 14.1 Å². The summed E-state index contributed by atoms with van der Waals surface area (Å²) in [4.78, 5) is 13.0. The summed E-state index contributed by atoms with van der Waals surface area (Å²) in [6.45, 7) is 21.6. The van der Waals surface area contributed by atoms with Gasteiger partial charge in [0, 0.05) is 5.41 Å². The molecule has 0 aliphatic heterocycles. The molecule has 0 bridgehead atoms. The van der Waals surface area contributed by atoms with Crippen molar-refractivity contribution in [2.24, 2.45) is 10.8 Å². The quantitative estimate of drug-likeness (QED) is 0.641. The van der Waals surface area contributed by atoms with E-state index in [0.29, 0.717) is 19.6 Å². The summed E-state index contributed by atoms with van der Waals surface area (Å²) in [7, 11) is -1.85. The Labute approximate surface area is 132 Å². The normalized spacial score (nSPS) is 16.7. The maximum Gasteiger partial charge on any atom is 0.185 e. The van der Waals surface area contributed by atoms with Gasteiger partial charge < -0.3 is 9.16 Å². The lowest BCUT2D eigenvalue weighted by Gasteiger charge is -2.41. The fourth-order valence-corrected chi connectivity index (χ4v) is 3.74. The lowest BCUT2D eigenvalue weighted by atomic mass is 9.79. The number of Topliss-reactive ketones (excluding diaryl/α,β-unsaturated/α-hetero) is 1. The van der Waals surface area contributed by atoms with Crippen LogP contribution in [0.15, 0.2) is 0 Å². The molecule has 0 spiro atoms. The molecule has 21 heavy (non-hydrogen) atoms. The van der Waals surface area contributed by atoms with Crippen LogP contribution in [0.25, 0.3) is 0 Å². The first kappa shape index (κ1) is 20.8. The van der Waals surface area contributed by atoms with E-state index in [9.17, 15) is 4.79 Å². The Morgan fingerprint density at radius 2 is 1.43 bits per heavy atom. The van der Waals surface area contributed by atoms with Crippen molar-refractivity contribution in [3.8, 4) is 0 Å². The second-order valence-electron chi connectivity index (χ2n) is 9.19. The summed E-state index contributed by atoms with van der Waals surface area (Å²) in [6, 6.07) is 0. The van der Waals surface area contributed by atoms with Gasteiger partial charge in [0.1, 0.15) is 5.60 Å². The predicted octanol–water partition coefficient (Wildman–Crippen LogP) is 4.66. The zero-order valence-corrected chi connectivity index (χ0v) is 16.8. The molecular formula is C17H36O3Si. The van der Waals surface area contributed by atoms with Crippen molar-refractivity contribution in [3.05, 3.63) is 0 Å². The monoisotopic (exact) mass is 316 g/mol. The van der Waals surface area contributed by atoms with Crippen LogP contribution in [0.5, 0.6) is 0 Å². The van der Waals surface area contributed by atoms with Crippen LogP contribution in [0.3, 0.4) is 0 Å². The van der Waals surface area contributed by atoms with E-state index >= 15 is 0 Å². The van der Waals surface area contributed by atoms with Crippen LogP contribution in [-0.4, -0.2) is 32.9 Å². The van der Waals surface area contributed by atoms with Crippen LogP contribution in [0, 0.1) is 10.8 Å². The molecular weight excluding hydrogens is 280 g/mol. The van der Waals surface area contributed by atoms with Gasteiger partial charge in [0.05, 0.1) is 13.2 Å². The molecule has 0 aromatic heterocycles. The molecule has 1 unspecified atom stereocenters. The minimum absolute atomic E-state index is 0.0867. The molecule has 126 valence electrons. The van der Waals surface area contributed by atoms with Crippen molar-refractivity contribution in [2.45, 2.75) is 80.1 Å². The van der Waals surface area contributed by atoms with Gasteiger partial charge in [0.25, 0.3) is 0 Å². The summed E-state index contributed by atoms with van der Waals surface area (Å²) in [5.41, 5.74) is -1.15. The molecule has 3 nitrogen and oxygen atoms in total. The van der Waals surface area contributed by atoms with Gasteiger partial charge in [-0.3, -0.25) is 4.79 Å². The highest BCUT2D eigenvalue weighted by molar-refractivity contribution is 6.70. The van der Waals surface area contributed by atoms with Crippen molar-refractivity contribution in [1.29, 1.82) is 0 Å². The maximum atomic E-state index is 13.0. The summed E-state index contributed by atoms with van der Waals surface area (Å²) in [5, 5.41) is 0. The van der Waals surface area contributed by atoms with E-state index in [1.54, 1.807) is 0 Å². The van der Waals surface area contributed by atoms with Gasteiger partial charge in [-0.25, -0.2) is 0 Å². The maximum absolute atomic E-state index is 13.0. The first-order chi connectivity index (χ1) is 9.13. The van der Waals surface area contributed by atoms with Crippen molar-refractivity contribution in [3.63, 3.8) is 0 Å². The van der Waals surface area contributed by atoms with E-state index in [1.165, 1.54) is 0 Å². The van der Waals surface area contributed by atoms with E-state index in [2.05, 4.69) is 40.4 Å². The SMILES string of the molecule is CCC(COCC(C)(C)C)(O[Si](C)(C)C)C(=O)C(C)(C)C. The molecule has 0 aromatic rings. The number of ether oxygens (including phenoxy) is 1. The Morgan fingerprint density at radius 3 is 1.71 bits per heavy atom. The third-order valence-electron chi connectivity index (χ3n) is 3.04. The molecule has 0 aromatic carbocycles. The molecule has 0 saturated carbocycles. The number of hydrogen-bond donors (Lipinski definition) is 0. The third kappa shape index (κ3) is 7.57. The van der Waals surface area contributed by atoms with Gasteiger partial charge in [0.2, 0.25) is 0 Å². The smallest absolute Gasteiger partial charge is 0.185 e. The van der Waals surface area contributed by atoms with Gasteiger partial charge in [-0.15, -0.1) is 0 Å². The molecule has 0 radical (unpaired) electrons. The molecule has 0 amide bonds. The molecule has 4 heteroatoms. The van der Waals surface area contributed by atoms with Gasteiger partial charge in [-0.2, -0.15) is 0 Å². The van der Waals surface area contributed by atoms with Crippen LogP contribution in [-0.2, 0) is 14.0 Å². The van der Waals surface area contributed by atoms with Gasteiger partial charge >= 0.3 is 0 Å². The molecule has 0 aliphatic carbocycles. The Hall–Kier alpha value is -0.193. The van der Waals surface area contributed by atoms with Crippen molar-refractivity contribution in [2.75, 3.05) is 13.2 Å². The zero-order valence-electron chi connectivity index (χ0n) is 15.8. The summed E-state index contributed by atoms with van der Waals surface area (Å²) >= 11 is 0. The predicted molar refractivity (Wildman–Crippen MR) is 92.2 cm³/mol. The Balaban J connectivity index is 5.28. The number of carbonyl (C=O) groups is 1. The van der Waals surface area contributed by atoms with Crippen LogP contribution in [0.2, 0.25) is 19.6 Å².